The zero-order valence-corrected chi connectivity index (χ0v) is 5.07. The average Bonchev–Trinajstić information content (AvgIpc) is 2.44. The predicted molar refractivity (Wildman–Crippen MR) is 32.2 cm³/mol. The first kappa shape index (κ1) is 4.89. The molecule has 0 radical (unpaired) electrons. The van der Waals surface area contributed by atoms with Crippen LogP contribution < -0.4 is 0 Å². The summed E-state index contributed by atoms with van der Waals surface area (Å²) in [6, 6.07) is 0. The molecule has 0 saturated heterocycles. The highest BCUT2D eigenvalue weighted by atomic mass is 14.2. The van der Waals surface area contributed by atoms with E-state index in [2.05, 4.69) is 19.9 Å². The van der Waals surface area contributed by atoms with Crippen LogP contribution in [0.15, 0.2) is 11.6 Å². The molecule has 0 aromatic heterocycles. The quantitative estimate of drug-likeness (QED) is 0.463. The minimum absolute atomic E-state index is 0.875. The van der Waals surface area contributed by atoms with Crippen LogP contribution in [-0.2, 0) is 0 Å². The molecule has 0 saturated carbocycles. The molecule has 0 N–H and O–H groups in total. The van der Waals surface area contributed by atoms with Crippen molar-refractivity contribution in [1.82, 2.24) is 0 Å². The van der Waals surface area contributed by atoms with Gasteiger partial charge < -0.3 is 0 Å². The van der Waals surface area contributed by atoms with Crippen molar-refractivity contribution >= 4 is 0 Å². The molecule has 1 aliphatic carbocycles. The molecular weight excluding hydrogens is 84.1 g/mol. The number of hydrogen-bond donors (Lipinski definition) is 0. The molecule has 0 aromatic carbocycles. The van der Waals surface area contributed by atoms with Gasteiger partial charge in [0.05, 0.1) is 0 Å². The van der Waals surface area contributed by atoms with Gasteiger partial charge in [0, 0.05) is 0 Å². The maximum atomic E-state index is 2.31. The molecular formula is C7H12. The number of rotatable bonds is 2. The SMILES string of the molecule is CCC(C)C1=CC1. The van der Waals surface area contributed by atoms with Gasteiger partial charge in [-0.05, 0) is 18.8 Å². The van der Waals surface area contributed by atoms with E-state index >= 15 is 0 Å². The molecule has 0 heterocycles. The third-order valence-electron chi connectivity index (χ3n) is 1.69. The van der Waals surface area contributed by atoms with E-state index in [1.165, 1.54) is 12.8 Å². The van der Waals surface area contributed by atoms with Crippen LogP contribution in [0.25, 0.3) is 0 Å². The third kappa shape index (κ3) is 1.05. The first-order valence-corrected chi connectivity index (χ1v) is 3.03. The summed E-state index contributed by atoms with van der Waals surface area (Å²) in [6.45, 7) is 4.53. The van der Waals surface area contributed by atoms with Gasteiger partial charge in [0.15, 0.2) is 0 Å². The second-order valence-electron chi connectivity index (χ2n) is 2.29. The van der Waals surface area contributed by atoms with Gasteiger partial charge in [0.25, 0.3) is 0 Å². The molecule has 1 aliphatic rings. The van der Waals surface area contributed by atoms with Crippen LogP contribution >= 0.6 is 0 Å². The summed E-state index contributed by atoms with van der Waals surface area (Å²) in [5.74, 6) is 0.875. The fourth-order valence-electron chi connectivity index (χ4n) is 0.723. The van der Waals surface area contributed by atoms with E-state index in [4.69, 9.17) is 0 Å². The summed E-state index contributed by atoms with van der Waals surface area (Å²) in [7, 11) is 0. The molecule has 0 nitrogen and oxygen atoms in total. The Morgan fingerprint density at radius 1 is 1.86 bits per heavy atom. The molecule has 1 atom stereocenters. The van der Waals surface area contributed by atoms with E-state index in [9.17, 15) is 0 Å². The summed E-state index contributed by atoms with van der Waals surface area (Å²) in [5.41, 5.74) is 1.67. The lowest BCUT2D eigenvalue weighted by atomic mass is 10.1. The number of hydrogen-bond acceptors (Lipinski definition) is 0. The largest absolute Gasteiger partial charge is 0.0807 e. The Balaban J connectivity index is 2.24. The highest BCUT2D eigenvalue weighted by Crippen LogP contribution is 2.28. The minimum atomic E-state index is 0.875. The fraction of sp³-hybridized carbons (Fsp3) is 0.714. The van der Waals surface area contributed by atoms with Gasteiger partial charge in [0.2, 0.25) is 0 Å². The lowest BCUT2D eigenvalue weighted by molar-refractivity contribution is 0.672. The van der Waals surface area contributed by atoms with Crippen LogP contribution in [0.1, 0.15) is 26.7 Å². The normalized spacial score (nSPS) is 21.1. The average molecular weight is 96.2 g/mol. The minimum Gasteiger partial charge on any atom is -0.0807 e. The Labute approximate surface area is 45.2 Å². The summed E-state index contributed by atoms with van der Waals surface area (Å²) in [4.78, 5) is 0. The zero-order chi connectivity index (χ0) is 5.28. The smallest absolute Gasteiger partial charge is 0.0133 e. The fourth-order valence-corrected chi connectivity index (χ4v) is 0.723. The summed E-state index contributed by atoms with van der Waals surface area (Å²) < 4.78 is 0. The van der Waals surface area contributed by atoms with E-state index < -0.39 is 0 Å². The topological polar surface area (TPSA) is 0 Å². The van der Waals surface area contributed by atoms with Crippen molar-refractivity contribution < 1.29 is 0 Å². The van der Waals surface area contributed by atoms with E-state index in [0.29, 0.717) is 0 Å². The second-order valence-corrected chi connectivity index (χ2v) is 2.29. The standard InChI is InChI=1S/C7H12/c1-3-6(2)7-4-5-7/h4,6H,3,5H2,1-2H3. The van der Waals surface area contributed by atoms with Crippen LogP contribution in [-0.4, -0.2) is 0 Å². The molecule has 7 heavy (non-hydrogen) atoms. The lowest BCUT2D eigenvalue weighted by Crippen LogP contribution is -1.85. The third-order valence-corrected chi connectivity index (χ3v) is 1.69. The summed E-state index contributed by atoms with van der Waals surface area (Å²) in [5, 5.41) is 0. The van der Waals surface area contributed by atoms with Gasteiger partial charge in [-0.15, -0.1) is 0 Å². The van der Waals surface area contributed by atoms with Gasteiger partial charge >= 0.3 is 0 Å². The van der Waals surface area contributed by atoms with Crippen molar-refractivity contribution in [2.75, 3.05) is 0 Å². The van der Waals surface area contributed by atoms with Crippen molar-refractivity contribution in [2.45, 2.75) is 26.7 Å². The van der Waals surface area contributed by atoms with Crippen molar-refractivity contribution in [3.63, 3.8) is 0 Å². The van der Waals surface area contributed by atoms with Crippen LogP contribution in [0.5, 0.6) is 0 Å². The Morgan fingerprint density at radius 2 is 2.43 bits per heavy atom. The molecule has 1 rings (SSSR count). The molecule has 0 bridgehead atoms. The van der Waals surface area contributed by atoms with Crippen molar-refractivity contribution in [1.29, 1.82) is 0 Å². The molecule has 40 valence electrons. The second kappa shape index (κ2) is 1.69. The van der Waals surface area contributed by atoms with E-state index in [1.807, 2.05) is 0 Å². The van der Waals surface area contributed by atoms with Crippen LogP contribution in [0.3, 0.4) is 0 Å². The Hall–Kier alpha value is -0.260. The molecule has 0 fully saturated rings. The molecule has 0 spiro atoms. The maximum absolute atomic E-state index is 2.31. The van der Waals surface area contributed by atoms with Crippen molar-refractivity contribution in [3.8, 4) is 0 Å². The monoisotopic (exact) mass is 96.1 g/mol. The molecule has 0 amide bonds. The van der Waals surface area contributed by atoms with Crippen LogP contribution in [0, 0.1) is 5.92 Å². The lowest BCUT2D eigenvalue weighted by Gasteiger charge is -1.98. The predicted octanol–water partition coefficient (Wildman–Crippen LogP) is 2.36. The highest BCUT2D eigenvalue weighted by molar-refractivity contribution is 5.23. The molecule has 0 aromatic rings. The zero-order valence-electron chi connectivity index (χ0n) is 5.07. The summed E-state index contributed by atoms with van der Waals surface area (Å²) >= 11 is 0. The van der Waals surface area contributed by atoms with Crippen molar-refractivity contribution in [2.24, 2.45) is 5.92 Å². The van der Waals surface area contributed by atoms with Crippen molar-refractivity contribution in [3.05, 3.63) is 11.6 Å². The van der Waals surface area contributed by atoms with Gasteiger partial charge in [-0.1, -0.05) is 25.5 Å². The molecule has 0 heteroatoms. The Kier molecular flexibility index (Phi) is 1.18. The van der Waals surface area contributed by atoms with Gasteiger partial charge in [-0.2, -0.15) is 0 Å². The summed E-state index contributed by atoms with van der Waals surface area (Å²) in [6.07, 6.45) is 4.93. The van der Waals surface area contributed by atoms with Gasteiger partial charge in [-0.3, -0.25) is 0 Å². The molecule has 1 unspecified atom stereocenters. The van der Waals surface area contributed by atoms with Crippen LogP contribution in [0.4, 0.5) is 0 Å². The van der Waals surface area contributed by atoms with Crippen LogP contribution in [0.2, 0.25) is 0 Å². The van der Waals surface area contributed by atoms with E-state index in [-0.39, 0.29) is 0 Å². The Bertz CT molecular complexity index is 90.2. The maximum Gasteiger partial charge on any atom is -0.0133 e. The molecule has 0 aliphatic heterocycles. The first-order valence-electron chi connectivity index (χ1n) is 3.03. The van der Waals surface area contributed by atoms with E-state index in [0.717, 1.165) is 5.92 Å². The first-order chi connectivity index (χ1) is 3.34. The number of allylic oxidation sites excluding steroid dienone is 2. The highest BCUT2D eigenvalue weighted by Gasteiger charge is 2.12. The van der Waals surface area contributed by atoms with Gasteiger partial charge in [-0.25, -0.2) is 0 Å². The Morgan fingerprint density at radius 3 is 2.57 bits per heavy atom. The van der Waals surface area contributed by atoms with Gasteiger partial charge in [0.1, 0.15) is 0 Å². The van der Waals surface area contributed by atoms with E-state index in [1.54, 1.807) is 5.57 Å².